The zero-order valence-corrected chi connectivity index (χ0v) is 14.1. The zero-order valence-electron chi connectivity index (χ0n) is 12.5. The lowest BCUT2D eigenvalue weighted by Crippen LogP contribution is -2.36. The van der Waals surface area contributed by atoms with E-state index in [-0.39, 0.29) is 0 Å². The number of benzene rings is 1. The zero-order chi connectivity index (χ0) is 14.6. The Morgan fingerprint density at radius 3 is 2.65 bits per heavy atom. The summed E-state index contributed by atoms with van der Waals surface area (Å²) in [7, 11) is 1.68. The van der Waals surface area contributed by atoms with E-state index >= 15 is 0 Å². The average Bonchev–Trinajstić information content (AvgIpc) is 2.44. The maximum absolute atomic E-state index is 10.8. The Hall–Kier alpha value is -0.540. The summed E-state index contributed by atoms with van der Waals surface area (Å²) in [6.45, 7) is 2.24. The van der Waals surface area contributed by atoms with Gasteiger partial charge in [-0.25, -0.2) is 0 Å². The summed E-state index contributed by atoms with van der Waals surface area (Å²) in [6.07, 6.45) is 7.42. The minimum atomic E-state index is -0.543. The molecule has 1 aromatic carbocycles. The predicted octanol–water partition coefficient (Wildman–Crippen LogP) is 4.72. The summed E-state index contributed by atoms with van der Waals surface area (Å²) in [5.41, 5.74) is 0.597. The summed E-state index contributed by atoms with van der Waals surface area (Å²) in [6, 6.07) is 5.97. The molecule has 1 aromatic rings. The van der Waals surface area contributed by atoms with Gasteiger partial charge in [0, 0.05) is 10.9 Å². The second-order valence-electron chi connectivity index (χ2n) is 6.09. The Morgan fingerprint density at radius 1 is 1.35 bits per heavy atom. The first-order valence-corrected chi connectivity index (χ1v) is 8.40. The van der Waals surface area contributed by atoms with E-state index in [1.165, 1.54) is 12.8 Å². The van der Waals surface area contributed by atoms with E-state index in [0.717, 1.165) is 47.4 Å². The summed E-state index contributed by atoms with van der Waals surface area (Å²) in [4.78, 5) is 0. The van der Waals surface area contributed by atoms with Crippen LogP contribution in [0.25, 0.3) is 0 Å². The van der Waals surface area contributed by atoms with Crippen molar-refractivity contribution in [2.75, 3.05) is 7.11 Å². The summed E-state index contributed by atoms with van der Waals surface area (Å²) in [5.74, 6) is 1.67. The first-order valence-electron chi connectivity index (χ1n) is 7.61. The van der Waals surface area contributed by atoms with Gasteiger partial charge in [-0.15, -0.1) is 0 Å². The van der Waals surface area contributed by atoms with Crippen LogP contribution in [0.3, 0.4) is 0 Å². The maximum Gasteiger partial charge on any atom is 0.119 e. The van der Waals surface area contributed by atoms with Gasteiger partial charge in [-0.3, -0.25) is 0 Å². The third-order valence-corrected chi connectivity index (χ3v) is 5.28. The van der Waals surface area contributed by atoms with Crippen molar-refractivity contribution < 1.29 is 9.84 Å². The van der Waals surface area contributed by atoms with E-state index in [1.807, 2.05) is 18.2 Å². The van der Waals surface area contributed by atoms with Crippen molar-refractivity contribution in [2.24, 2.45) is 5.92 Å². The van der Waals surface area contributed by atoms with Crippen molar-refractivity contribution in [1.82, 2.24) is 0 Å². The van der Waals surface area contributed by atoms with Gasteiger partial charge in [0.15, 0.2) is 0 Å². The fourth-order valence-electron chi connectivity index (χ4n) is 3.26. The van der Waals surface area contributed by atoms with Crippen LogP contribution in [0.5, 0.6) is 5.75 Å². The predicted molar refractivity (Wildman–Crippen MR) is 86.2 cm³/mol. The van der Waals surface area contributed by atoms with Crippen LogP contribution in [-0.2, 0) is 6.42 Å². The Bertz CT molecular complexity index is 437. The number of aliphatic hydroxyl groups is 1. The molecule has 0 saturated heterocycles. The number of rotatable bonds is 5. The number of halogens is 1. The molecule has 3 heteroatoms. The van der Waals surface area contributed by atoms with E-state index in [4.69, 9.17) is 4.74 Å². The molecule has 1 saturated carbocycles. The number of hydrogen-bond donors (Lipinski definition) is 1. The third-order valence-electron chi connectivity index (χ3n) is 4.51. The molecule has 0 aliphatic heterocycles. The van der Waals surface area contributed by atoms with Gasteiger partial charge in [0.05, 0.1) is 12.7 Å². The SMILES string of the molecule is CCCC1CCC(O)(Cc2cc(OC)ccc2Br)CC1. The van der Waals surface area contributed by atoms with Crippen molar-refractivity contribution in [2.45, 2.75) is 57.5 Å². The fourth-order valence-corrected chi connectivity index (χ4v) is 3.64. The van der Waals surface area contributed by atoms with Gasteiger partial charge in [0.2, 0.25) is 0 Å². The standard InChI is InChI=1S/C17H25BrO2/c1-3-4-13-7-9-17(19,10-8-13)12-14-11-15(20-2)5-6-16(14)18/h5-6,11,13,19H,3-4,7-10,12H2,1-2H3. The van der Waals surface area contributed by atoms with E-state index in [1.54, 1.807) is 7.11 Å². The van der Waals surface area contributed by atoms with E-state index < -0.39 is 5.60 Å². The van der Waals surface area contributed by atoms with E-state index in [2.05, 4.69) is 22.9 Å². The van der Waals surface area contributed by atoms with Crippen molar-refractivity contribution in [3.63, 3.8) is 0 Å². The van der Waals surface area contributed by atoms with Gasteiger partial charge >= 0.3 is 0 Å². The highest BCUT2D eigenvalue weighted by Gasteiger charge is 2.33. The molecule has 0 aromatic heterocycles. The smallest absolute Gasteiger partial charge is 0.119 e. The summed E-state index contributed by atoms with van der Waals surface area (Å²) < 4.78 is 6.34. The largest absolute Gasteiger partial charge is 0.497 e. The highest BCUT2D eigenvalue weighted by atomic mass is 79.9. The summed E-state index contributed by atoms with van der Waals surface area (Å²) >= 11 is 3.58. The van der Waals surface area contributed by atoms with Crippen LogP contribution < -0.4 is 4.74 Å². The molecule has 20 heavy (non-hydrogen) atoms. The molecule has 1 aliphatic carbocycles. The Labute approximate surface area is 130 Å². The van der Waals surface area contributed by atoms with Crippen molar-refractivity contribution >= 4 is 15.9 Å². The molecule has 1 fully saturated rings. The fraction of sp³-hybridized carbons (Fsp3) is 0.647. The van der Waals surface area contributed by atoms with Crippen molar-refractivity contribution in [3.05, 3.63) is 28.2 Å². The molecule has 2 rings (SSSR count). The highest BCUT2D eigenvalue weighted by molar-refractivity contribution is 9.10. The first-order chi connectivity index (χ1) is 9.56. The molecule has 0 amide bonds. The summed E-state index contributed by atoms with van der Waals surface area (Å²) in [5, 5.41) is 10.8. The third kappa shape index (κ3) is 3.98. The van der Waals surface area contributed by atoms with Crippen molar-refractivity contribution in [1.29, 1.82) is 0 Å². The highest BCUT2D eigenvalue weighted by Crippen LogP contribution is 2.38. The van der Waals surface area contributed by atoms with Gasteiger partial charge in [-0.1, -0.05) is 35.7 Å². The molecule has 0 spiro atoms. The Morgan fingerprint density at radius 2 is 2.05 bits per heavy atom. The molecule has 2 nitrogen and oxygen atoms in total. The van der Waals surface area contributed by atoms with Crippen LogP contribution >= 0.6 is 15.9 Å². The molecular weight excluding hydrogens is 316 g/mol. The van der Waals surface area contributed by atoms with Crippen LogP contribution in [0.4, 0.5) is 0 Å². The first kappa shape index (κ1) is 15.8. The molecule has 1 N–H and O–H groups in total. The molecule has 0 bridgehead atoms. The molecule has 0 radical (unpaired) electrons. The molecule has 0 atom stereocenters. The molecule has 0 heterocycles. The Balaban J connectivity index is 2.02. The number of hydrogen-bond acceptors (Lipinski definition) is 2. The van der Waals surface area contributed by atoms with Gasteiger partial charge in [0.1, 0.15) is 5.75 Å². The lowest BCUT2D eigenvalue weighted by molar-refractivity contribution is -0.0100. The lowest BCUT2D eigenvalue weighted by Gasteiger charge is -2.36. The number of methoxy groups -OCH3 is 1. The minimum absolute atomic E-state index is 0.543. The average molecular weight is 341 g/mol. The monoisotopic (exact) mass is 340 g/mol. The quantitative estimate of drug-likeness (QED) is 0.840. The Kier molecular flexibility index (Phi) is 5.50. The second kappa shape index (κ2) is 6.95. The van der Waals surface area contributed by atoms with Crippen LogP contribution in [-0.4, -0.2) is 17.8 Å². The van der Waals surface area contributed by atoms with Gasteiger partial charge < -0.3 is 9.84 Å². The second-order valence-corrected chi connectivity index (χ2v) is 6.94. The molecule has 0 unspecified atom stereocenters. The van der Waals surface area contributed by atoms with Crippen molar-refractivity contribution in [3.8, 4) is 5.75 Å². The molecule has 112 valence electrons. The van der Waals surface area contributed by atoms with E-state index in [9.17, 15) is 5.11 Å². The van der Waals surface area contributed by atoms with Crippen LogP contribution in [0.15, 0.2) is 22.7 Å². The van der Waals surface area contributed by atoms with Crippen LogP contribution in [0.1, 0.15) is 51.0 Å². The minimum Gasteiger partial charge on any atom is -0.497 e. The topological polar surface area (TPSA) is 29.5 Å². The van der Waals surface area contributed by atoms with Gasteiger partial charge in [-0.05, 0) is 55.4 Å². The normalized spacial score (nSPS) is 26.5. The maximum atomic E-state index is 10.8. The van der Waals surface area contributed by atoms with Gasteiger partial charge in [-0.2, -0.15) is 0 Å². The molecule has 1 aliphatic rings. The van der Waals surface area contributed by atoms with E-state index in [0.29, 0.717) is 6.42 Å². The lowest BCUT2D eigenvalue weighted by atomic mass is 9.74. The van der Waals surface area contributed by atoms with Gasteiger partial charge in [0.25, 0.3) is 0 Å². The number of ether oxygens (including phenoxy) is 1. The van der Waals surface area contributed by atoms with Crippen LogP contribution in [0, 0.1) is 5.92 Å². The molecular formula is C17H25BrO2. The van der Waals surface area contributed by atoms with Crippen LogP contribution in [0.2, 0.25) is 0 Å².